The largest absolute Gasteiger partial charge is 0.691 e. The first kappa shape index (κ1) is 37.6. The number of alkyl halides is 2. The highest BCUT2D eigenvalue weighted by Gasteiger charge is 2.69. The summed E-state index contributed by atoms with van der Waals surface area (Å²) in [6.45, 7) is -0.143. The quantitative estimate of drug-likeness (QED) is 0.101. The van der Waals surface area contributed by atoms with Crippen LogP contribution in [0.1, 0.15) is 109 Å². The maximum atomic E-state index is 14.4. The van der Waals surface area contributed by atoms with Crippen LogP contribution >= 0.6 is 12.0 Å². The van der Waals surface area contributed by atoms with Crippen molar-refractivity contribution in [2.24, 2.45) is 57.7 Å². The van der Waals surface area contributed by atoms with Gasteiger partial charge >= 0.3 is 23.2 Å². The monoisotopic (exact) mass is 797 g/mol. The second kappa shape index (κ2) is 12.4. The summed E-state index contributed by atoms with van der Waals surface area (Å²) in [6.07, 6.45) is 10.7. The van der Waals surface area contributed by atoms with Crippen molar-refractivity contribution in [1.82, 2.24) is 0 Å². The van der Waals surface area contributed by atoms with Crippen molar-refractivity contribution in [1.29, 1.82) is 0 Å². The molecule has 12 bridgehead atoms. The van der Waals surface area contributed by atoms with E-state index in [4.69, 9.17) is 23.7 Å². The number of rotatable bonds is 11. The van der Waals surface area contributed by atoms with E-state index in [1.54, 1.807) is 0 Å². The fraction of sp³-hybridized carbons (Fsp3) is 0.923. The zero-order chi connectivity index (χ0) is 38.3. The van der Waals surface area contributed by atoms with Crippen molar-refractivity contribution in [3.8, 4) is 0 Å². The molecule has 12 aliphatic carbocycles. The van der Waals surface area contributed by atoms with Crippen molar-refractivity contribution in [2.75, 3.05) is 26.4 Å². The maximum Gasteiger partial charge on any atom is 0.415 e. The lowest BCUT2D eigenvalue weighted by Gasteiger charge is -2.65. The fourth-order valence-corrected chi connectivity index (χ4v) is 15.5. The van der Waals surface area contributed by atoms with Gasteiger partial charge in [-0.3, -0.25) is 14.6 Å². The molecular weight excluding hydrogens is 746 g/mol. The van der Waals surface area contributed by atoms with E-state index in [0.29, 0.717) is 57.8 Å². The number of ether oxygens (including phenoxy) is 5. The molecule has 1 heterocycles. The molecule has 55 heavy (non-hydrogen) atoms. The lowest BCUT2D eigenvalue weighted by Crippen LogP contribution is -2.69. The smallest absolute Gasteiger partial charge is 0.415 e. The highest BCUT2D eigenvalue weighted by molar-refractivity contribution is 7.96. The maximum absolute atomic E-state index is 14.4. The van der Waals surface area contributed by atoms with Gasteiger partial charge in [-0.1, -0.05) is 0 Å². The van der Waals surface area contributed by atoms with Gasteiger partial charge in [-0.2, -0.15) is 13.1 Å². The van der Waals surface area contributed by atoms with Gasteiger partial charge in [0, 0.05) is 11.8 Å². The SMILES string of the molecule is O=C(OCC1(COC(=O)C23CC4CC(CC(O)(C4)C2)C3)COC2(OC1)C1CC3CC2CC(OC(=O)C(F)(F)SOO[O-])(C3)C1)C12CC3CC(CC(O)(C3)C1)C2. The Morgan fingerprint density at radius 2 is 1.16 bits per heavy atom. The third-order valence-electron chi connectivity index (χ3n) is 16.1. The molecule has 0 radical (unpaired) electrons. The van der Waals surface area contributed by atoms with Gasteiger partial charge in [0.1, 0.15) is 30.9 Å². The van der Waals surface area contributed by atoms with E-state index in [9.17, 15) is 38.6 Å². The molecule has 13 aliphatic rings. The number of hydrogen-bond acceptors (Lipinski definition) is 14. The highest BCUT2D eigenvalue weighted by atomic mass is 32.2. The first-order chi connectivity index (χ1) is 26.0. The van der Waals surface area contributed by atoms with Crippen molar-refractivity contribution in [2.45, 2.75) is 137 Å². The summed E-state index contributed by atoms with van der Waals surface area (Å²) >= 11 is -0.708. The van der Waals surface area contributed by atoms with E-state index >= 15 is 0 Å². The standard InChI is InChI=1S/C39H52F2O13S/c40-39(41,55-54-53-47)31(44)52-37-13-22-3-27(14-37)38(28(4-22)15-37)50-20-32(21-51-38,18-48-29(42)33-5-23-1-24(6-33)10-35(45,9-23)16-33)19-49-30(43)34-7-25-2-26(8-34)12-36(46,11-25)17-34/h22-28,45-47H,1-21H2/p-1. The molecule has 13 rings (SSSR count). The van der Waals surface area contributed by atoms with Crippen molar-refractivity contribution < 1.29 is 71.7 Å². The predicted molar refractivity (Wildman–Crippen MR) is 180 cm³/mol. The van der Waals surface area contributed by atoms with Crippen LogP contribution in [0, 0.1) is 57.7 Å². The first-order valence-electron chi connectivity index (χ1n) is 20.3. The Bertz CT molecular complexity index is 1500. The first-order valence-corrected chi connectivity index (χ1v) is 21.1. The highest BCUT2D eigenvalue weighted by Crippen LogP contribution is 2.66. The molecule has 12 saturated carbocycles. The molecule has 13 nitrogen and oxygen atoms in total. The summed E-state index contributed by atoms with van der Waals surface area (Å²) in [5.41, 5.74) is -5.39. The van der Waals surface area contributed by atoms with Crippen molar-refractivity contribution in [3.63, 3.8) is 0 Å². The summed E-state index contributed by atoms with van der Waals surface area (Å²) in [4.78, 5) is 40.8. The van der Waals surface area contributed by atoms with Crippen LogP contribution in [0.4, 0.5) is 8.78 Å². The third kappa shape index (κ3) is 6.11. The molecule has 1 spiro atoms. The van der Waals surface area contributed by atoms with Crippen LogP contribution in [0.25, 0.3) is 0 Å². The molecule has 1 aliphatic heterocycles. The van der Waals surface area contributed by atoms with Crippen LogP contribution in [-0.2, 0) is 47.4 Å². The van der Waals surface area contributed by atoms with E-state index in [-0.39, 0.29) is 92.6 Å². The average molecular weight is 798 g/mol. The van der Waals surface area contributed by atoms with Crippen LogP contribution in [0.2, 0.25) is 0 Å². The van der Waals surface area contributed by atoms with Gasteiger partial charge in [-0.15, -0.1) is 0 Å². The Morgan fingerprint density at radius 3 is 1.60 bits per heavy atom. The second-order valence-electron chi connectivity index (χ2n) is 20.5. The molecule has 0 aromatic heterocycles. The lowest BCUT2D eigenvalue weighted by molar-refractivity contribution is -0.777. The number of carbonyl (C=O) groups is 3. The minimum absolute atomic E-state index is 0.0453. The van der Waals surface area contributed by atoms with Crippen LogP contribution in [-0.4, -0.2) is 82.4 Å². The molecule has 13 fully saturated rings. The fourth-order valence-electron chi connectivity index (χ4n) is 15.3. The lowest BCUT2D eigenvalue weighted by atomic mass is 9.48. The molecule has 0 aromatic carbocycles. The second-order valence-corrected chi connectivity index (χ2v) is 21.4. The van der Waals surface area contributed by atoms with E-state index < -0.39 is 62.1 Å². The third-order valence-corrected chi connectivity index (χ3v) is 16.6. The van der Waals surface area contributed by atoms with Gasteiger partial charge < -0.3 is 39.2 Å². The number of esters is 3. The number of halogens is 2. The Hall–Kier alpha value is -1.66. The number of hydrogen-bond donors (Lipinski definition) is 2. The molecule has 306 valence electrons. The molecule has 0 aromatic rings. The van der Waals surface area contributed by atoms with E-state index in [0.717, 1.165) is 38.5 Å². The van der Waals surface area contributed by atoms with E-state index in [2.05, 4.69) is 9.37 Å². The predicted octanol–water partition coefficient (Wildman–Crippen LogP) is 4.05. The minimum atomic E-state index is -4.15. The Morgan fingerprint density at radius 1 is 0.691 bits per heavy atom. The number of aliphatic hydroxyl groups is 2. The topological polar surface area (TPSA) is 179 Å². The van der Waals surface area contributed by atoms with Gasteiger partial charge in [-0.25, -0.2) is 4.79 Å². The van der Waals surface area contributed by atoms with Gasteiger partial charge in [0.15, 0.2) is 5.79 Å². The Labute approximate surface area is 322 Å². The molecule has 2 N–H and O–H groups in total. The van der Waals surface area contributed by atoms with Gasteiger partial charge in [0.2, 0.25) is 0 Å². The summed E-state index contributed by atoms with van der Waals surface area (Å²) in [5.74, 6) is -2.89. The van der Waals surface area contributed by atoms with Gasteiger partial charge in [0.25, 0.3) is 0 Å². The van der Waals surface area contributed by atoms with Crippen molar-refractivity contribution >= 4 is 30.0 Å². The van der Waals surface area contributed by atoms with Crippen LogP contribution in [0.5, 0.6) is 0 Å². The van der Waals surface area contributed by atoms with Gasteiger partial charge in [0.05, 0.1) is 40.7 Å². The minimum Gasteiger partial charge on any atom is -0.691 e. The van der Waals surface area contributed by atoms with Crippen LogP contribution < -0.4 is 5.26 Å². The van der Waals surface area contributed by atoms with E-state index in [1.807, 2.05) is 0 Å². The average Bonchev–Trinajstić information content (AvgIpc) is 3.09. The molecule has 6 unspecified atom stereocenters. The van der Waals surface area contributed by atoms with E-state index in [1.165, 1.54) is 0 Å². The number of carbonyl (C=O) groups excluding carboxylic acids is 3. The normalized spacial score (nSPS) is 51.1. The Kier molecular flexibility index (Phi) is 8.50. The molecule has 1 saturated heterocycles. The molecule has 0 amide bonds. The summed E-state index contributed by atoms with van der Waals surface area (Å²) < 4.78 is 64.1. The van der Waals surface area contributed by atoms with Gasteiger partial charge in [-0.05, 0) is 139 Å². The van der Waals surface area contributed by atoms with Crippen molar-refractivity contribution in [3.05, 3.63) is 0 Å². The summed E-state index contributed by atoms with van der Waals surface area (Å²) in [6, 6.07) is 0. The zero-order valence-electron chi connectivity index (χ0n) is 30.9. The summed E-state index contributed by atoms with van der Waals surface area (Å²) in [5, 5.41) is 31.7. The molecule has 16 heteroatoms. The zero-order valence-corrected chi connectivity index (χ0v) is 31.8. The molecular formula is C39H51F2O13S-. The summed E-state index contributed by atoms with van der Waals surface area (Å²) in [7, 11) is 0. The van der Waals surface area contributed by atoms with Crippen LogP contribution in [0.15, 0.2) is 0 Å². The molecule has 6 atom stereocenters. The van der Waals surface area contributed by atoms with Crippen LogP contribution in [0.3, 0.4) is 0 Å². The Balaban J connectivity index is 0.863.